The summed E-state index contributed by atoms with van der Waals surface area (Å²) in [6, 6.07) is 0.181. The van der Waals surface area contributed by atoms with Gasteiger partial charge in [-0.15, -0.1) is 12.4 Å². The van der Waals surface area contributed by atoms with E-state index in [2.05, 4.69) is 53.1 Å². The number of hydrogen-bond acceptors (Lipinski definition) is 4. The first-order valence-electron chi connectivity index (χ1n) is 6.59. The summed E-state index contributed by atoms with van der Waals surface area (Å²) >= 11 is 9.67. The summed E-state index contributed by atoms with van der Waals surface area (Å²) in [6.45, 7) is 0.773. The molecule has 2 rings (SSSR count). The van der Waals surface area contributed by atoms with Crippen molar-refractivity contribution >= 4 is 60.2 Å². The number of halogens is 6. The van der Waals surface area contributed by atoms with Crippen LogP contribution in [0.25, 0.3) is 0 Å². The number of nitrogens with one attached hydrogen (secondary N) is 1. The predicted molar refractivity (Wildman–Crippen MR) is 97.7 cm³/mol. The monoisotopic (exact) mass is 542 g/mol. The maximum Gasteiger partial charge on any atom is 0.289 e. The predicted octanol–water partition coefficient (Wildman–Crippen LogP) is 3.68. The molecule has 10 heteroatoms. The summed E-state index contributed by atoms with van der Waals surface area (Å²) in [5, 5.41) is 22.3. The Morgan fingerprint density at radius 2 is 1.78 bits per heavy atom. The van der Waals surface area contributed by atoms with E-state index in [1.54, 1.807) is 4.90 Å². The van der Waals surface area contributed by atoms with Gasteiger partial charge < -0.3 is 15.5 Å². The van der Waals surface area contributed by atoms with Crippen LogP contribution < -0.4 is 5.32 Å². The number of aromatic hydroxyl groups is 1. The Bertz CT molecular complexity index is 561. The van der Waals surface area contributed by atoms with Crippen molar-refractivity contribution in [2.75, 3.05) is 32.8 Å². The van der Waals surface area contributed by atoms with E-state index in [1.165, 1.54) is 6.07 Å². The van der Waals surface area contributed by atoms with Gasteiger partial charge in [-0.25, -0.2) is 8.78 Å². The summed E-state index contributed by atoms with van der Waals surface area (Å²) in [6.07, 6.45) is 0. The first-order chi connectivity index (χ1) is 10.3. The van der Waals surface area contributed by atoms with E-state index >= 15 is 0 Å². The topological polar surface area (TPSA) is 55.7 Å². The molecular formula is C13H16Br3ClF2N2O2. The molecule has 0 bridgehead atoms. The number of piperazine rings is 1. The highest BCUT2D eigenvalue weighted by molar-refractivity contribution is 9.11. The van der Waals surface area contributed by atoms with Crippen molar-refractivity contribution in [3.63, 3.8) is 0 Å². The normalized spacial score (nSPS) is 17.7. The number of benzene rings is 1. The van der Waals surface area contributed by atoms with Gasteiger partial charge >= 0.3 is 0 Å². The van der Waals surface area contributed by atoms with Crippen LogP contribution in [0.2, 0.25) is 0 Å². The van der Waals surface area contributed by atoms with E-state index in [1.807, 2.05) is 0 Å². The van der Waals surface area contributed by atoms with Gasteiger partial charge in [0, 0.05) is 36.2 Å². The molecule has 0 amide bonds. The molecule has 3 N–H and O–H groups in total. The zero-order valence-electron chi connectivity index (χ0n) is 11.8. The van der Waals surface area contributed by atoms with Gasteiger partial charge in [-0.2, -0.15) is 0 Å². The lowest BCUT2D eigenvalue weighted by Gasteiger charge is -2.39. The van der Waals surface area contributed by atoms with Gasteiger partial charge in [-0.3, -0.25) is 4.90 Å². The Balaban J connectivity index is 0.00000264. The number of nitrogens with zero attached hydrogens (tertiary/aromatic N) is 1. The molecule has 1 saturated heterocycles. The molecule has 1 fully saturated rings. The molecule has 4 nitrogen and oxygen atoms in total. The second-order valence-electron chi connectivity index (χ2n) is 5.02. The van der Waals surface area contributed by atoms with Crippen molar-refractivity contribution in [1.82, 2.24) is 10.2 Å². The van der Waals surface area contributed by atoms with E-state index in [4.69, 9.17) is 5.11 Å². The summed E-state index contributed by atoms with van der Waals surface area (Å²) < 4.78 is 29.9. The van der Waals surface area contributed by atoms with Crippen LogP contribution in [-0.2, 0) is 0 Å². The fourth-order valence-electron chi connectivity index (χ4n) is 2.53. The minimum atomic E-state index is -3.34. The van der Waals surface area contributed by atoms with Gasteiger partial charge in [0.1, 0.15) is 18.4 Å². The van der Waals surface area contributed by atoms with Gasteiger partial charge in [0.15, 0.2) is 0 Å². The van der Waals surface area contributed by atoms with Gasteiger partial charge in [-0.1, -0.05) is 15.9 Å². The highest BCUT2D eigenvalue weighted by Gasteiger charge is 2.46. The van der Waals surface area contributed by atoms with E-state index in [9.17, 15) is 13.9 Å². The van der Waals surface area contributed by atoms with Crippen LogP contribution in [0, 0.1) is 0 Å². The smallest absolute Gasteiger partial charge is 0.289 e. The molecule has 132 valence electrons. The van der Waals surface area contributed by atoms with Crippen LogP contribution in [0.3, 0.4) is 0 Å². The maximum atomic E-state index is 14.4. The third-order valence-corrected chi connectivity index (χ3v) is 5.65. The van der Waals surface area contributed by atoms with Gasteiger partial charge in [0.05, 0.1) is 8.95 Å². The minimum Gasteiger partial charge on any atom is -0.506 e. The van der Waals surface area contributed by atoms with Crippen LogP contribution in [0.15, 0.2) is 19.5 Å². The Morgan fingerprint density at radius 1 is 1.22 bits per heavy atom. The van der Waals surface area contributed by atoms with Gasteiger partial charge in [-0.05, 0) is 37.9 Å². The first kappa shape index (κ1) is 21.5. The Kier molecular flexibility index (Phi) is 8.17. The molecule has 0 aliphatic carbocycles. The molecule has 1 aromatic carbocycles. The number of aliphatic hydroxyl groups excluding tert-OH is 1. The quantitative estimate of drug-likeness (QED) is 0.541. The fraction of sp³-hybridized carbons (Fsp3) is 0.538. The Hall–Kier alpha value is 0.490. The number of alkyl halides is 2. The van der Waals surface area contributed by atoms with Crippen molar-refractivity contribution < 1.29 is 19.0 Å². The van der Waals surface area contributed by atoms with Crippen LogP contribution in [0.5, 0.6) is 5.75 Å². The average molecular weight is 545 g/mol. The highest BCUT2D eigenvalue weighted by atomic mass is 79.9. The maximum absolute atomic E-state index is 14.4. The number of phenolic OH excluding ortho intramolecular Hbond substituents is 1. The molecule has 0 saturated carbocycles. The van der Waals surface area contributed by atoms with Crippen LogP contribution in [0.4, 0.5) is 8.78 Å². The first-order valence-corrected chi connectivity index (χ1v) is 8.97. The number of aliphatic hydroxyl groups is 1. The Labute approximate surface area is 164 Å². The molecular weight excluding hydrogens is 529 g/mol. The van der Waals surface area contributed by atoms with E-state index < -0.39 is 18.6 Å². The number of rotatable bonds is 4. The molecule has 1 aromatic rings. The van der Waals surface area contributed by atoms with E-state index in [-0.39, 0.29) is 28.2 Å². The molecule has 1 atom stereocenters. The van der Waals surface area contributed by atoms with Gasteiger partial charge in [0.25, 0.3) is 5.92 Å². The molecule has 0 spiro atoms. The second kappa shape index (κ2) is 8.73. The van der Waals surface area contributed by atoms with Crippen molar-refractivity contribution in [2.24, 2.45) is 0 Å². The molecule has 0 aromatic heterocycles. The van der Waals surface area contributed by atoms with Crippen molar-refractivity contribution in [3.8, 4) is 5.75 Å². The van der Waals surface area contributed by atoms with E-state index in [0.29, 0.717) is 35.1 Å². The molecule has 23 heavy (non-hydrogen) atoms. The molecule has 1 aliphatic rings. The van der Waals surface area contributed by atoms with Crippen LogP contribution in [-0.4, -0.2) is 53.8 Å². The summed E-state index contributed by atoms with van der Waals surface area (Å²) in [5.74, 6) is -3.49. The average Bonchev–Trinajstić information content (AvgIpc) is 2.50. The Morgan fingerprint density at radius 3 is 2.30 bits per heavy atom. The largest absolute Gasteiger partial charge is 0.506 e. The summed E-state index contributed by atoms with van der Waals surface area (Å²) in [4.78, 5) is 1.62. The number of hydrogen-bond donors (Lipinski definition) is 3. The summed E-state index contributed by atoms with van der Waals surface area (Å²) in [7, 11) is 0. The van der Waals surface area contributed by atoms with Gasteiger partial charge in [0.2, 0.25) is 0 Å². The lowest BCUT2D eigenvalue weighted by molar-refractivity contribution is -0.119. The lowest BCUT2D eigenvalue weighted by Crippen LogP contribution is -2.51. The second-order valence-corrected chi connectivity index (χ2v) is 7.53. The molecule has 0 unspecified atom stereocenters. The molecule has 1 heterocycles. The molecule has 1 aliphatic heterocycles. The third-order valence-electron chi connectivity index (χ3n) is 3.58. The van der Waals surface area contributed by atoms with Crippen molar-refractivity contribution in [2.45, 2.75) is 12.0 Å². The third kappa shape index (κ3) is 4.56. The fourth-order valence-corrected chi connectivity index (χ4v) is 5.09. The minimum absolute atomic E-state index is 0. The van der Waals surface area contributed by atoms with Crippen molar-refractivity contribution in [1.29, 1.82) is 0 Å². The molecule has 0 radical (unpaired) electrons. The number of phenols is 1. The standard InChI is InChI=1S/C13H15Br3F2N2O2.ClH/c14-7-5-8(15)11(22)10(16)9(7)12(13(17,18)6-21)20-3-1-19-2-4-20;/h5,12,19,21-22H,1-4,6H2;1H/t12-;/m0./s1. The van der Waals surface area contributed by atoms with E-state index in [0.717, 1.165) is 0 Å². The SMILES string of the molecule is Cl.OCC(F)(F)[C@H](c1c(Br)cc(Br)c(O)c1Br)N1CCNCC1. The van der Waals surface area contributed by atoms with Crippen molar-refractivity contribution in [3.05, 3.63) is 25.0 Å². The lowest BCUT2D eigenvalue weighted by atomic mass is 9.98. The zero-order valence-corrected chi connectivity index (χ0v) is 17.4. The van der Waals surface area contributed by atoms with Crippen LogP contribution in [0.1, 0.15) is 11.6 Å². The highest BCUT2D eigenvalue weighted by Crippen LogP contribution is 2.48. The summed E-state index contributed by atoms with van der Waals surface area (Å²) in [5.41, 5.74) is 0.224. The zero-order chi connectivity index (χ0) is 16.5. The van der Waals surface area contributed by atoms with Crippen LogP contribution >= 0.6 is 60.2 Å².